The zero-order valence-electron chi connectivity index (χ0n) is 5.88. The van der Waals surface area contributed by atoms with E-state index >= 15 is 0 Å². The monoisotopic (exact) mass is 165 g/mol. The van der Waals surface area contributed by atoms with Crippen LogP contribution in [0, 0.1) is 0 Å². The van der Waals surface area contributed by atoms with E-state index in [-0.39, 0.29) is 0 Å². The van der Waals surface area contributed by atoms with Crippen molar-refractivity contribution in [2.45, 2.75) is 0 Å². The molecule has 0 saturated carbocycles. The summed E-state index contributed by atoms with van der Waals surface area (Å²) in [5.41, 5.74) is 0. The van der Waals surface area contributed by atoms with Gasteiger partial charge in [-0.1, -0.05) is 0 Å². The summed E-state index contributed by atoms with van der Waals surface area (Å²) in [5.74, 6) is 0. The Morgan fingerprint density at radius 1 is 1.40 bits per heavy atom. The van der Waals surface area contributed by atoms with Gasteiger partial charge >= 0.3 is 0 Å². The van der Waals surface area contributed by atoms with Crippen molar-refractivity contribution in [3.63, 3.8) is 0 Å². The molecule has 0 aliphatic carbocycles. The molecule has 0 N–H and O–H groups in total. The predicted octanol–water partition coefficient (Wildman–Crippen LogP) is 0.489. The molecule has 1 aliphatic rings. The maximum Gasteiger partial charge on any atom is 0.0809 e. The van der Waals surface area contributed by atoms with E-state index in [2.05, 4.69) is 9.19 Å². The number of ether oxygens (including phenoxy) is 1. The lowest BCUT2D eigenvalue weighted by molar-refractivity contribution is 0.0328. The molecule has 0 aromatic carbocycles. The Bertz CT molecular complexity index is 85.8. The van der Waals surface area contributed by atoms with E-state index in [9.17, 15) is 0 Å². The van der Waals surface area contributed by atoms with Gasteiger partial charge in [0.1, 0.15) is 0 Å². The van der Waals surface area contributed by atoms with Crippen LogP contribution in [-0.2, 0) is 9.03 Å². The Morgan fingerprint density at radius 3 is 2.70 bits per heavy atom. The molecule has 1 rings (SSSR count). The minimum atomic E-state index is 0.599. The minimum absolute atomic E-state index is 0.599. The van der Waals surface area contributed by atoms with E-state index in [1.54, 1.807) is 0 Å². The molecule has 0 bridgehead atoms. The van der Waals surface area contributed by atoms with Gasteiger partial charge in [-0.2, -0.15) is 0 Å². The average molecular weight is 166 g/mol. The number of hydrogen-bond donors (Lipinski definition) is 0. The van der Waals surface area contributed by atoms with E-state index in [0.717, 1.165) is 32.8 Å². The standard InChI is InChI=1S/C6H12ClNO2/c7-10-6-3-8-1-4-9-5-2-8/h1-6H2. The van der Waals surface area contributed by atoms with Gasteiger partial charge in [0.15, 0.2) is 0 Å². The molecule has 0 atom stereocenters. The van der Waals surface area contributed by atoms with Crippen molar-refractivity contribution < 1.29 is 9.03 Å². The van der Waals surface area contributed by atoms with Gasteiger partial charge in [0.2, 0.25) is 0 Å². The first-order valence-electron chi connectivity index (χ1n) is 3.47. The average Bonchev–Trinajstić information content (AvgIpc) is 2.03. The van der Waals surface area contributed by atoms with Crippen LogP contribution in [-0.4, -0.2) is 44.4 Å². The van der Waals surface area contributed by atoms with E-state index < -0.39 is 0 Å². The molecule has 60 valence electrons. The Labute approximate surface area is 66.0 Å². The van der Waals surface area contributed by atoms with Crippen molar-refractivity contribution in [1.82, 2.24) is 4.90 Å². The third-order valence-corrected chi connectivity index (χ3v) is 1.74. The van der Waals surface area contributed by atoms with Gasteiger partial charge in [-0.3, -0.25) is 9.19 Å². The first-order chi connectivity index (χ1) is 4.93. The SMILES string of the molecule is ClOCCN1CCOCC1. The molecule has 0 radical (unpaired) electrons. The summed E-state index contributed by atoms with van der Waals surface area (Å²) in [5, 5.41) is 0. The van der Waals surface area contributed by atoms with E-state index in [0.29, 0.717) is 6.61 Å². The topological polar surface area (TPSA) is 21.7 Å². The number of nitrogens with zero attached hydrogens (tertiary/aromatic N) is 1. The van der Waals surface area contributed by atoms with Crippen molar-refractivity contribution in [1.29, 1.82) is 0 Å². The molecule has 1 fully saturated rings. The summed E-state index contributed by atoms with van der Waals surface area (Å²) < 4.78 is 9.60. The summed E-state index contributed by atoms with van der Waals surface area (Å²) in [6.45, 7) is 5.18. The third-order valence-electron chi connectivity index (χ3n) is 1.59. The minimum Gasteiger partial charge on any atom is -0.379 e. The summed E-state index contributed by atoms with van der Waals surface area (Å²) in [7, 11) is 0. The van der Waals surface area contributed by atoms with Crippen LogP contribution in [0.1, 0.15) is 0 Å². The van der Waals surface area contributed by atoms with Gasteiger partial charge in [0.05, 0.1) is 31.7 Å². The van der Waals surface area contributed by atoms with Crippen LogP contribution < -0.4 is 0 Å². The fourth-order valence-corrected chi connectivity index (χ4v) is 1.06. The first-order valence-corrected chi connectivity index (χ1v) is 3.78. The fraction of sp³-hybridized carbons (Fsp3) is 1.00. The van der Waals surface area contributed by atoms with Crippen molar-refractivity contribution in [2.24, 2.45) is 0 Å². The van der Waals surface area contributed by atoms with Gasteiger partial charge in [0.25, 0.3) is 0 Å². The van der Waals surface area contributed by atoms with Crippen LogP contribution in [0.2, 0.25) is 0 Å². The van der Waals surface area contributed by atoms with E-state index in [1.165, 1.54) is 0 Å². The Morgan fingerprint density at radius 2 is 2.10 bits per heavy atom. The van der Waals surface area contributed by atoms with Crippen LogP contribution in [0.4, 0.5) is 0 Å². The highest BCUT2D eigenvalue weighted by molar-refractivity contribution is 6.07. The van der Waals surface area contributed by atoms with Gasteiger partial charge in [0, 0.05) is 19.6 Å². The maximum atomic E-state index is 5.16. The fourth-order valence-electron chi connectivity index (χ4n) is 0.988. The lowest BCUT2D eigenvalue weighted by atomic mass is 10.4. The zero-order chi connectivity index (χ0) is 7.23. The molecule has 1 saturated heterocycles. The van der Waals surface area contributed by atoms with Crippen LogP contribution in [0.15, 0.2) is 0 Å². The zero-order valence-corrected chi connectivity index (χ0v) is 6.64. The number of morpholine rings is 1. The first kappa shape index (κ1) is 8.27. The predicted molar refractivity (Wildman–Crippen MR) is 39.1 cm³/mol. The van der Waals surface area contributed by atoms with Crippen molar-refractivity contribution >= 4 is 11.9 Å². The van der Waals surface area contributed by atoms with E-state index in [1.807, 2.05) is 0 Å². The molecule has 4 heteroatoms. The lowest BCUT2D eigenvalue weighted by Gasteiger charge is -2.25. The highest BCUT2D eigenvalue weighted by Crippen LogP contribution is 1.95. The molecule has 0 unspecified atom stereocenters. The second-order valence-electron chi connectivity index (χ2n) is 2.27. The van der Waals surface area contributed by atoms with Gasteiger partial charge < -0.3 is 4.74 Å². The molecule has 0 amide bonds. The smallest absolute Gasteiger partial charge is 0.0809 e. The highest BCUT2D eigenvalue weighted by atomic mass is 35.5. The van der Waals surface area contributed by atoms with Crippen LogP contribution in [0.5, 0.6) is 0 Å². The summed E-state index contributed by atoms with van der Waals surface area (Å²) >= 11 is 5.06. The summed E-state index contributed by atoms with van der Waals surface area (Å²) in [4.78, 5) is 2.27. The second kappa shape index (κ2) is 4.91. The molecule has 0 aromatic rings. The molecular weight excluding hydrogens is 154 g/mol. The van der Waals surface area contributed by atoms with Gasteiger partial charge in [-0.05, 0) is 0 Å². The number of halogens is 1. The summed E-state index contributed by atoms with van der Waals surface area (Å²) in [6, 6.07) is 0. The van der Waals surface area contributed by atoms with Crippen LogP contribution in [0.3, 0.4) is 0 Å². The van der Waals surface area contributed by atoms with Crippen LogP contribution >= 0.6 is 11.9 Å². The highest BCUT2D eigenvalue weighted by Gasteiger charge is 2.08. The Balaban J connectivity index is 2.02. The van der Waals surface area contributed by atoms with E-state index in [4.69, 9.17) is 16.6 Å². The molecule has 3 nitrogen and oxygen atoms in total. The molecule has 0 spiro atoms. The maximum absolute atomic E-state index is 5.16. The lowest BCUT2D eigenvalue weighted by Crippen LogP contribution is -2.37. The molecule has 0 aromatic heterocycles. The largest absolute Gasteiger partial charge is 0.379 e. The molecule has 1 heterocycles. The van der Waals surface area contributed by atoms with Crippen molar-refractivity contribution in [3.8, 4) is 0 Å². The van der Waals surface area contributed by atoms with Crippen molar-refractivity contribution in [2.75, 3.05) is 39.5 Å². The molecule has 10 heavy (non-hydrogen) atoms. The quantitative estimate of drug-likeness (QED) is 0.608. The van der Waals surface area contributed by atoms with Crippen molar-refractivity contribution in [3.05, 3.63) is 0 Å². The Hall–Kier alpha value is 0.170. The van der Waals surface area contributed by atoms with Crippen LogP contribution in [0.25, 0.3) is 0 Å². The normalized spacial score (nSPS) is 21.3. The number of rotatable bonds is 3. The third kappa shape index (κ3) is 2.84. The van der Waals surface area contributed by atoms with Gasteiger partial charge in [-0.25, -0.2) is 0 Å². The molecular formula is C6H12ClNO2. The molecule has 1 aliphatic heterocycles. The Kier molecular flexibility index (Phi) is 4.06. The second-order valence-corrected chi connectivity index (χ2v) is 2.49. The van der Waals surface area contributed by atoms with Gasteiger partial charge in [-0.15, -0.1) is 0 Å². The number of hydrogen-bond acceptors (Lipinski definition) is 3. The summed E-state index contributed by atoms with van der Waals surface area (Å²) in [6.07, 6.45) is 0.